The van der Waals surface area contributed by atoms with E-state index in [1.54, 1.807) is 0 Å². The standard InChI is InChI=1S/C14H26N2/c1-5-14(6-2)11-13(3)12-16-9-7-15(4)8-10-16/h5,11H,6-10,12H2,1-4H3. The third-order valence-electron chi connectivity index (χ3n) is 3.28. The maximum absolute atomic E-state index is 2.55. The highest BCUT2D eigenvalue weighted by Crippen LogP contribution is 2.09. The lowest BCUT2D eigenvalue weighted by molar-refractivity contribution is 0.164. The molecule has 1 fully saturated rings. The summed E-state index contributed by atoms with van der Waals surface area (Å²) in [4.78, 5) is 4.95. The molecule has 1 aliphatic rings. The first-order valence-corrected chi connectivity index (χ1v) is 6.39. The van der Waals surface area contributed by atoms with E-state index < -0.39 is 0 Å². The van der Waals surface area contributed by atoms with Crippen LogP contribution in [0.5, 0.6) is 0 Å². The summed E-state index contributed by atoms with van der Waals surface area (Å²) in [7, 11) is 2.20. The molecule has 0 atom stereocenters. The highest BCUT2D eigenvalue weighted by Gasteiger charge is 2.13. The van der Waals surface area contributed by atoms with Crippen LogP contribution >= 0.6 is 0 Å². The molecule has 0 amide bonds. The van der Waals surface area contributed by atoms with E-state index in [0.29, 0.717) is 0 Å². The maximum atomic E-state index is 2.55. The third kappa shape index (κ3) is 4.50. The smallest absolute Gasteiger partial charge is 0.0194 e. The van der Waals surface area contributed by atoms with Crippen LogP contribution in [0.15, 0.2) is 23.3 Å². The molecule has 0 saturated carbocycles. The summed E-state index contributed by atoms with van der Waals surface area (Å²) < 4.78 is 0. The highest BCUT2D eigenvalue weighted by atomic mass is 15.2. The van der Waals surface area contributed by atoms with E-state index in [4.69, 9.17) is 0 Å². The van der Waals surface area contributed by atoms with Gasteiger partial charge in [0.2, 0.25) is 0 Å². The van der Waals surface area contributed by atoms with Crippen LogP contribution in [0.3, 0.4) is 0 Å². The van der Waals surface area contributed by atoms with Gasteiger partial charge in [-0.2, -0.15) is 0 Å². The number of rotatable bonds is 4. The van der Waals surface area contributed by atoms with Crippen molar-refractivity contribution in [2.45, 2.75) is 27.2 Å². The van der Waals surface area contributed by atoms with Gasteiger partial charge in [0.1, 0.15) is 0 Å². The fourth-order valence-electron chi connectivity index (χ4n) is 2.11. The zero-order chi connectivity index (χ0) is 12.0. The average Bonchev–Trinajstić information content (AvgIpc) is 2.29. The molecule has 0 unspecified atom stereocenters. The van der Waals surface area contributed by atoms with Crippen LogP contribution in [-0.4, -0.2) is 49.6 Å². The molecule has 1 rings (SSSR count). The van der Waals surface area contributed by atoms with Gasteiger partial charge in [-0.05, 0) is 27.3 Å². The van der Waals surface area contributed by atoms with E-state index in [-0.39, 0.29) is 0 Å². The molecule has 1 saturated heterocycles. The molecule has 0 aromatic rings. The van der Waals surface area contributed by atoms with Crippen LogP contribution in [-0.2, 0) is 0 Å². The Morgan fingerprint density at radius 3 is 2.31 bits per heavy atom. The fraction of sp³-hybridized carbons (Fsp3) is 0.714. The minimum atomic E-state index is 1.13. The van der Waals surface area contributed by atoms with Crippen molar-refractivity contribution >= 4 is 0 Å². The molecular weight excluding hydrogens is 196 g/mol. The van der Waals surface area contributed by atoms with Gasteiger partial charge in [0.15, 0.2) is 0 Å². The monoisotopic (exact) mass is 222 g/mol. The Kier molecular flexibility index (Phi) is 5.78. The van der Waals surface area contributed by atoms with Crippen LogP contribution in [0.4, 0.5) is 0 Å². The van der Waals surface area contributed by atoms with Gasteiger partial charge < -0.3 is 4.90 Å². The van der Waals surface area contributed by atoms with Gasteiger partial charge in [-0.15, -0.1) is 0 Å². The molecule has 2 nitrogen and oxygen atoms in total. The van der Waals surface area contributed by atoms with Crippen molar-refractivity contribution in [2.24, 2.45) is 0 Å². The molecular formula is C14H26N2. The summed E-state index contributed by atoms with van der Waals surface area (Å²) in [5.41, 5.74) is 2.94. The quantitative estimate of drug-likeness (QED) is 0.674. The molecule has 92 valence electrons. The molecule has 0 aromatic heterocycles. The molecule has 1 heterocycles. The van der Waals surface area contributed by atoms with E-state index >= 15 is 0 Å². The second-order valence-corrected chi connectivity index (χ2v) is 4.79. The molecule has 16 heavy (non-hydrogen) atoms. The maximum Gasteiger partial charge on any atom is 0.0194 e. The van der Waals surface area contributed by atoms with Crippen LogP contribution in [0.25, 0.3) is 0 Å². The number of hydrogen-bond donors (Lipinski definition) is 0. The summed E-state index contributed by atoms with van der Waals surface area (Å²) in [6.07, 6.45) is 5.70. The lowest BCUT2D eigenvalue weighted by Crippen LogP contribution is -2.44. The summed E-state index contributed by atoms with van der Waals surface area (Å²) in [5, 5.41) is 0. The molecule has 0 radical (unpaired) electrons. The zero-order valence-electron chi connectivity index (χ0n) is 11.3. The number of allylic oxidation sites excluding steroid dienone is 3. The first-order valence-electron chi connectivity index (χ1n) is 6.39. The second-order valence-electron chi connectivity index (χ2n) is 4.79. The molecule has 0 aliphatic carbocycles. The predicted molar refractivity (Wildman–Crippen MR) is 71.7 cm³/mol. The molecule has 0 bridgehead atoms. The van der Waals surface area contributed by atoms with Gasteiger partial charge in [0.25, 0.3) is 0 Å². The van der Waals surface area contributed by atoms with Crippen LogP contribution < -0.4 is 0 Å². The van der Waals surface area contributed by atoms with Crippen LogP contribution in [0.2, 0.25) is 0 Å². The number of hydrogen-bond acceptors (Lipinski definition) is 2. The summed E-state index contributed by atoms with van der Waals surface area (Å²) in [5.74, 6) is 0. The van der Waals surface area contributed by atoms with E-state index in [2.05, 4.69) is 49.8 Å². The Morgan fingerprint density at radius 1 is 1.19 bits per heavy atom. The third-order valence-corrected chi connectivity index (χ3v) is 3.28. The van der Waals surface area contributed by atoms with E-state index in [1.807, 2.05) is 0 Å². The molecule has 1 aliphatic heterocycles. The first kappa shape index (κ1) is 13.5. The molecule has 2 heteroatoms. The summed E-state index contributed by atoms with van der Waals surface area (Å²) >= 11 is 0. The van der Waals surface area contributed by atoms with Gasteiger partial charge in [0, 0.05) is 32.7 Å². The minimum absolute atomic E-state index is 1.13. The Hall–Kier alpha value is -0.600. The number of piperazine rings is 1. The van der Waals surface area contributed by atoms with Gasteiger partial charge in [-0.3, -0.25) is 4.90 Å². The lowest BCUT2D eigenvalue weighted by atomic mass is 10.1. The topological polar surface area (TPSA) is 6.48 Å². The number of nitrogens with zero attached hydrogens (tertiary/aromatic N) is 2. The van der Waals surface area contributed by atoms with Crippen molar-refractivity contribution in [2.75, 3.05) is 39.8 Å². The van der Waals surface area contributed by atoms with E-state index in [9.17, 15) is 0 Å². The molecule has 0 N–H and O–H groups in total. The van der Waals surface area contributed by atoms with Gasteiger partial charge in [-0.1, -0.05) is 30.2 Å². The van der Waals surface area contributed by atoms with Crippen molar-refractivity contribution in [3.8, 4) is 0 Å². The number of likely N-dealkylation sites (N-methyl/N-ethyl adjacent to an activating group) is 1. The van der Waals surface area contributed by atoms with E-state index in [0.717, 1.165) is 13.0 Å². The molecule has 0 spiro atoms. The fourth-order valence-corrected chi connectivity index (χ4v) is 2.11. The van der Waals surface area contributed by atoms with Crippen molar-refractivity contribution < 1.29 is 0 Å². The molecule has 0 aromatic carbocycles. The normalized spacial score (nSPS) is 21.5. The SMILES string of the molecule is CC=C(C=C(C)CN1CCN(C)CC1)CC. The predicted octanol–water partition coefficient (Wildman–Crippen LogP) is 2.54. The van der Waals surface area contributed by atoms with Gasteiger partial charge in [0.05, 0.1) is 0 Å². The Balaban J connectivity index is 2.42. The Bertz CT molecular complexity index is 258. The Labute approximate surface area is 101 Å². The van der Waals surface area contributed by atoms with Crippen molar-refractivity contribution in [3.63, 3.8) is 0 Å². The van der Waals surface area contributed by atoms with Crippen molar-refractivity contribution in [1.29, 1.82) is 0 Å². The first-order chi connectivity index (χ1) is 7.65. The van der Waals surface area contributed by atoms with Crippen molar-refractivity contribution in [3.05, 3.63) is 23.3 Å². The highest BCUT2D eigenvalue weighted by molar-refractivity contribution is 5.22. The summed E-state index contributed by atoms with van der Waals surface area (Å²) in [6, 6.07) is 0. The van der Waals surface area contributed by atoms with E-state index in [1.165, 1.54) is 37.3 Å². The van der Waals surface area contributed by atoms with Gasteiger partial charge in [-0.25, -0.2) is 0 Å². The zero-order valence-corrected chi connectivity index (χ0v) is 11.3. The minimum Gasteiger partial charge on any atom is -0.304 e. The average molecular weight is 222 g/mol. The van der Waals surface area contributed by atoms with Crippen LogP contribution in [0.1, 0.15) is 27.2 Å². The van der Waals surface area contributed by atoms with Gasteiger partial charge >= 0.3 is 0 Å². The summed E-state index contributed by atoms with van der Waals surface area (Å²) in [6.45, 7) is 12.5. The second kappa shape index (κ2) is 6.87. The Morgan fingerprint density at radius 2 is 1.81 bits per heavy atom. The van der Waals surface area contributed by atoms with Crippen molar-refractivity contribution in [1.82, 2.24) is 9.80 Å². The van der Waals surface area contributed by atoms with Crippen LogP contribution in [0, 0.1) is 0 Å². The largest absolute Gasteiger partial charge is 0.304 e. The lowest BCUT2D eigenvalue weighted by Gasteiger charge is -2.32.